The molecule has 6 nitrogen and oxygen atoms in total. The summed E-state index contributed by atoms with van der Waals surface area (Å²) in [6.45, 7) is 1.34. The van der Waals surface area contributed by atoms with E-state index in [0.29, 0.717) is 23.9 Å². The molecule has 0 bridgehead atoms. The fraction of sp³-hybridized carbons (Fsp3) is 0.429. The lowest BCUT2D eigenvalue weighted by molar-refractivity contribution is -0.119. The number of para-hydroxylation sites is 1. The van der Waals surface area contributed by atoms with Crippen LogP contribution in [0.3, 0.4) is 0 Å². The minimum absolute atomic E-state index is 0. The molecule has 116 valence electrons. The van der Waals surface area contributed by atoms with E-state index in [2.05, 4.69) is 10.6 Å². The Kier molecular flexibility index (Phi) is 6.98. The van der Waals surface area contributed by atoms with Crippen LogP contribution in [0.5, 0.6) is 5.75 Å². The minimum Gasteiger partial charge on any atom is -0.483 e. The number of hydrogen-bond acceptors (Lipinski definition) is 4. The molecular formula is C14H20ClN3O3. The van der Waals surface area contributed by atoms with Crippen LogP contribution in [0.1, 0.15) is 23.2 Å². The van der Waals surface area contributed by atoms with Gasteiger partial charge in [-0.25, -0.2) is 0 Å². The lowest BCUT2D eigenvalue weighted by atomic mass is 10.1. The Morgan fingerprint density at radius 3 is 2.81 bits per heavy atom. The molecule has 21 heavy (non-hydrogen) atoms. The first-order chi connectivity index (χ1) is 9.66. The SMILES string of the molecule is Cl.NC(=O)COc1ccccc1C(=O)NCC1CCCN1. The summed E-state index contributed by atoms with van der Waals surface area (Å²) in [5.74, 6) is -0.419. The van der Waals surface area contributed by atoms with E-state index in [0.717, 1.165) is 19.4 Å². The number of rotatable bonds is 6. The van der Waals surface area contributed by atoms with Crippen LogP contribution in [0.2, 0.25) is 0 Å². The van der Waals surface area contributed by atoms with Gasteiger partial charge in [-0.05, 0) is 31.5 Å². The zero-order chi connectivity index (χ0) is 14.4. The van der Waals surface area contributed by atoms with Crippen molar-refractivity contribution < 1.29 is 14.3 Å². The third kappa shape index (κ3) is 5.24. The molecule has 0 aromatic heterocycles. The summed E-state index contributed by atoms with van der Waals surface area (Å²) in [7, 11) is 0. The number of hydrogen-bond donors (Lipinski definition) is 3. The highest BCUT2D eigenvalue weighted by molar-refractivity contribution is 5.97. The van der Waals surface area contributed by atoms with E-state index in [1.165, 1.54) is 0 Å². The normalized spacial score (nSPS) is 16.9. The summed E-state index contributed by atoms with van der Waals surface area (Å²) >= 11 is 0. The average molecular weight is 314 g/mol. The van der Waals surface area contributed by atoms with Crippen LogP contribution in [0.4, 0.5) is 0 Å². The van der Waals surface area contributed by atoms with Gasteiger partial charge in [0, 0.05) is 12.6 Å². The summed E-state index contributed by atoms with van der Waals surface area (Å²) in [6.07, 6.45) is 2.21. The van der Waals surface area contributed by atoms with Gasteiger partial charge in [0.05, 0.1) is 5.56 Å². The maximum Gasteiger partial charge on any atom is 0.255 e. The maximum absolute atomic E-state index is 12.1. The molecule has 0 radical (unpaired) electrons. The number of carbonyl (C=O) groups is 2. The zero-order valence-electron chi connectivity index (χ0n) is 11.6. The molecule has 7 heteroatoms. The zero-order valence-corrected chi connectivity index (χ0v) is 12.4. The van der Waals surface area contributed by atoms with Crippen molar-refractivity contribution in [2.75, 3.05) is 19.7 Å². The van der Waals surface area contributed by atoms with Crippen molar-refractivity contribution in [3.63, 3.8) is 0 Å². The first kappa shape index (κ1) is 17.3. The second kappa shape index (κ2) is 8.49. The van der Waals surface area contributed by atoms with Crippen molar-refractivity contribution in [3.8, 4) is 5.75 Å². The predicted molar refractivity (Wildman–Crippen MR) is 81.7 cm³/mol. The van der Waals surface area contributed by atoms with E-state index < -0.39 is 5.91 Å². The average Bonchev–Trinajstić information content (AvgIpc) is 2.96. The highest BCUT2D eigenvalue weighted by atomic mass is 35.5. The molecule has 0 spiro atoms. The van der Waals surface area contributed by atoms with Gasteiger partial charge >= 0.3 is 0 Å². The monoisotopic (exact) mass is 313 g/mol. The highest BCUT2D eigenvalue weighted by Gasteiger charge is 2.17. The van der Waals surface area contributed by atoms with Crippen LogP contribution in [-0.2, 0) is 4.79 Å². The van der Waals surface area contributed by atoms with E-state index in [1.807, 2.05) is 0 Å². The summed E-state index contributed by atoms with van der Waals surface area (Å²) in [5, 5.41) is 6.18. The molecule has 1 atom stereocenters. The quantitative estimate of drug-likeness (QED) is 0.711. The maximum atomic E-state index is 12.1. The van der Waals surface area contributed by atoms with Crippen molar-refractivity contribution in [3.05, 3.63) is 29.8 Å². The number of carbonyl (C=O) groups excluding carboxylic acids is 2. The molecule has 1 aromatic carbocycles. The van der Waals surface area contributed by atoms with E-state index in [-0.39, 0.29) is 24.9 Å². The molecule has 0 aliphatic carbocycles. The van der Waals surface area contributed by atoms with Gasteiger partial charge < -0.3 is 21.1 Å². The molecular weight excluding hydrogens is 294 g/mol. The Labute approximate surface area is 129 Å². The molecule has 1 aromatic rings. The Morgan fingerprint density at radius 2 is 2.14 bits per heavy atom. The predicted octanol–water partition coefficient (Wildman–Crippen LogP) is 0.454. The fourth-order valence-electron chi connectivity index (χ4n) is 2.17. The second-order valence-electron chi connectivity index (χ2n) is 4.75. The van der Waals surface area contributed by atoms with Crippen LogP contribution in [0.25, 0.3) is 0 Å². The molecule has 2 amide bonds. The van der Waals surface area contributed by atoms with Gasteiger partial charge in [-0.15, -0.1) is 12.4 Å². The van der Waals surface area contributed by atoms with Gasteiger partial charge in [0.15, 0.2) is 6.61 Å². The van der Waals surface area contributed by atoms with E-state index in [4.69, 9.17) is 10.5 Å². The van der Waals surface area contributed by atoms with Crippen molar-refractivity contribution in [1.82, 2.24) is 10.6 Å². The summed E-state index contributed by atoms with van der Waals surface area (Å²) in [5.41, 5.74) is 5.44. The van der Waals surface area contributed by atoms with Gasteiger partial charge in [0.25, 0.3) is 11.8 Å². The Hall–Kier alpha value is -1.79. The molecule has 1 fully saturated rings. The lowest BCUT2D eigenvalue weighted by Crippen LogP contribution is -2.37. The van der Waals surface area contributed by atoms with Crippen molar-refractivity contribution in [2.45, 2.75) is 18.9 Å². The van der Waals surface area contributed by atoms with E-state index >= 15 is 0 Å². The van der Waals surface area contributed by atoms with Crippen molar-refractivity contribution in [2.24, 2.45) is 5.73 Å². The van der Waals surface area contributed by atoms with Crippen LogP contribution in [-0.4, -0.2) is 37.6 Å². The van der Waals surface area contributed by atoms with Crippen LogP contribution < -0.4 is 21.1 Å². The number of benzene rings is 1. The largest absolute Gasteiger partial charge is 0.483 e. The van der Waals surface area contributed by atoms with Gasteiger partial charge in [-0.1, -0.05) is 12.1 Å². The summed E-state index contributed by atoms with van der Waals surface area (Å²) in [4.78, 5) is 22.9. The number of primary amides is 1. The smallest absolute Gasteiger partial charge is 0.255 e. The van der Waals surface area contributed by atoms with Crippen LogP contribution >= 0.6 is 12.4 Å². The van der Waals surface area contributed by atoms with E-state index in [1.54, 1.807) is 24.3 Å². The number of ether oxygens (including phenoxy) is 1. The lowest BCUT2D eigenvalue weighted by Gasteiger charge is -2.13. The third-order valence-corrected chi connectivity index (χ3v) is 3.17. The first-order valence-electron chi connectivity index (χ1n) is 6.68. The summed E-state index contributed by atoms with van der Waals surface area (Å²) < 4.78 is 5.24. The first-order valence-corrected chi connectivity index (χ1v) is 6.68. The molecule has 1 saturated heterocycles. The molecule has 4 N–H and O–H groups in total. The van der Waals surface area contributed by atoms with Crippen molar-refractivity contribution >= 4 is 24.2 Å². The second-order valence-corrected chi connectivity index (χ2v) is 4.75. The number of nitrogens with one attached hydrogen (secondary N) is 2. The summed E-state index contributed by atoms with van der Waals surface area (Å²) in [6, 6.07) is 7.13. The van der Waals surface area contributed by atoms with Gasteiger partial charge in [0.2, 0.25) is 0 Å². The Morgan fingerprint density at radius 1 is 1.38 bits per heavy atom. The standard InChI is InChI=1S/C14H19N3O3.ClH/c15-13(18)9-20-12-6-2-1-5-11(12)14(19)17-8-10-4-3-7-16-10;/h1-2,5-6,10,16H,3-4,7-9H2,(H2,15,18)(H,17,19);1H. The van der Waals surface area contributed by atoms with Crippen molar-refractivity contribution in [1.29, 1.82) is 0 Å². The molecule has 1 aliphatic rings. The van der Waals surface area contributed by atoms with Crippen LogP contribution in [0.15, 0.2) is 24.3 Å². The Bertz CT molecular complexity index is 490. The number of nitrogens with two attached hydrogens (primary N) is 1. The molecule has 1 heterocycles. The third-order valence-electron chi connectivity index (χ3n) is 3.17. The molecule has 2 rings (SSSR count). The number of halogens is 1. The van der Waals surface area contributed by atoms with Gasteiger partial charge in [-0.2, -0.15) is 0 Å². The van der Waals surface area contributed by atoms with Gasteiger partial charge in [-0.3, -0.25) is 9.59 Å². The van der Waals surface area contributed by atoms with E-state index in [9.17, 15) is 9.59 Å². The molecule has 0 saturated carbocycles. The topological polar surface area (TPSA) is 93.5 Å². The molecule has 1 unspecified atom stereocenters. The Balaban J connectivity index is 0.00000220. The number of amides is 2. The highest BCUT2D eigenvalue weighted by Crippen LogP contribution is 2.17. The van der Waals surface area contributed by atoms with Crippen LogP contribution in [0, 0.1) is 0 Å². The minimum atomic E-state index is -0.574. The fourth-order valence-corrected chi connectivity index (χ4v) is 2.17. The molecule has 1 aliphatic heterocycles. The van der Waals surface area contributed by atoms with Gasteiger partial charge in [0.1, 0.15) is 5.75 Å².